The summed E-state index contributed by atoms with van der Waals surface area (Å²) in [4.78, 5) is 19.6. The SMILES string of the molecule is CCN(C(=O)OC(C)(C)C)c1cc(C2CCCNC2)nc2c(-c3cnn(C)c3)cnn12. The summed E-state index contributed by atoms with van der Waals surface area (Å²) < 4.78 is 9.16. The van der Waals surface area contributed by atoms with Gasteiger partial charge in [-0.3, -0.25) is 9.58 Å². The van der Waals surface area contributed by atoms with Gasteiger partial charge >= 0.3 is 6.09 Å². The Morgan fingerprint density at radius 2 is 2.13 bits per heavy atom. The van der Waals surface area contributed by atoms with Crippen molar-refractivity contribution in [1.82, 2.24) is 29.7 Å². The summed E-state index contributed by atoms with van der Waals surface area (Å²) >= 11 is 0. The van der Waals surface area contributed by atoms with Crippen LogP contribution in [0.4, 0.5) is 10.6 Å². The van der Waals surface area contributed by atoms with E-state index in [4.69, 9.17) is 9.72 Å². The average Bonchev–Trinajstić information content (AvgIpc) is 3.33. The molecule has 1 N–H and O–H groups in total. The second-order valence-electron chi connectivity index (χ2n) is 9.00. The van der Waals surface area contributed by atoms with E-state index >= 15 is 0 Å². The van der Waals surface area contributed by atoms with Gasteiger partial charge < -0.3 is 10.1 Å². The summed E-state index contributed by atoms with van der Waals surface area (Å²) in [5.41, 5.74) is 2.92. The maximum atomic E-state index is 13.0. The molecular weight excluding hydrogens is 394 g/mol. The number of carbonyl (C=O) groups is 1. The van der Waals surface area contributed by atoms with Crippen molar-refractivity contribution < 1.29 is 9.53 Å². The number of aromatic nitrogens is 5. The van der Waals surface area contributed by atoms with Gasteiger partial charge in [0.1, 0.15) is 11.4 Å². The Morgan fingerprint density at radius 3 is 2.74 bits per heavy atom. The van der Waals surface area contributed by atoms with Crippen LogP contribution in [0, 0.1) is 0 Å². The standard InChI is InChI=1S/C22H31N7O2/c1-6-28(21(30)31-22(2,3)4)19-10-18(15-8-7-9-23-11-15)26-20-17(13-25-29(19)20)16-12-24-27(5)14-16/h10,12-15,23H,6-9,11H2,1-5H3. The Morgan fingerprint density at radius 1 is 1.32 bits per heavy atom. The monoisotopic (exact) mass is 425 g/mol. The topological polar surface area (TPSA) is 89.6 Å². The molecule has 1 unspecified atom stereocenters. The normalized spacial score (nSPS) is 17.1. The maximum Gasteiger partial charge on any atom is 0.415 e. The lowest BCUT2D eigenvalue weighted by molar-refractivity contribution is 0.0580. The molecule has 31 heavy (non-hydrogen) atoms. The van der Waals surface area contributed by atoms with Crippen LogP contribution in [0.15, 0.2) is 24.7 Å². The molecular formula is C22H31N7O2. The number of nitrogens with one attached hydrogen (secondary N) is 1. The van der Waals surface area contributed by atoms with Crippen molar-refractivity contribution in [2.24, 2.45) is 7.05 Å². The average molecular weight is 426 g/mol. The molecule has 0 spiro atoms. The second-order valence-corrected chi connectivity index (χ2v) is 9.00. The van der Waals surface area contributed by atoms with Gasteiger partial charge in [-0.2, -0.15) is 14.7 Å². The van der Waals surface area contributed by atoms with E-state index in [0.29, 0.717) is 18.0 Å². The van der Waals surface area contributed by atoms with Crippen molar-refractivity contribution >= 4 is 17.6 Å². The number of amides is 1. The van der Waals surface area contributed by atoms with E-state index < -0.39 is 11.7 Å². The largest absolute Gasteiger partial charge is 0.443 e. The first-order chi connectivity index (χ1) is 14.8. The molecule has 0 aliphatic carbocycles. The van der Waals surface area contributed by atoms with Crippen LogP contribution in [-0.4, -0.2) is 55.7 Å². The Labute approximate surface area is 182 Å². The van der Waals surface area contributed by atoms with Crippen LogP contribution < -0.4 is 10.2 Å². The van der Waals surface area contributed by atoms with Crippen LogP contribution in [-0.2, 0) is 11.8 Å². The molecule has 1 aliphatic rings. The van der Waals surface area contributed by atoms with E-state index in [1.54, 1.807) is 26.5 Å². The van der Waals surface area contributed by atoms with Crippen molar-refractivity contribution in [3.05, 3.63) is 30.4 Å². The number of rotatable bonds is 4. The maximum absolute atomic E-state index is 13.0. The summed E-state index contributed by atoms with van der Waals surface area (Å²) in [5, 5.41) is 12.3. The molecule has 1 amide bonds. The Hall–Kier alpha value is -2.94. The van der Waals surface area contributed by atoms with Gasteiger partial charge in [0.2, 0.25) is 0 Å². The minimum Gasteiger partial charge on any atom is -0.443 e. The fourth-order valence-electron chi connectivity index (χ4n) is 3.94. The number of hydrogen-bond acceptors (Lipinski definition) is 6. The lowest BCUT2D eigenvalue weighted by Gasteiger charge is -2.28. The van der Waals surface area contributed by atoms with Gasteiger partial charge in [-0.15, -0.1) is 0 Å². The number of anilines is 1. The van der Waals surface area contributed by atoms with Gasteiger partial charge in [0.25, 0.3) is 0 Å². The Kier molecular flexibility index (Phi) is 5.70. The van der Waals surface area contributed by atoms with E-state index in [9.17, 15) is 4.79 Å². The van der Waals surface area contributed by atoms with Crippen molar-refractivity contribution in [3.8, 4) is 11.1 Å². The molecule has 4 rings (SSSR count). The smallest absolute Gasteiger partial charge is 0.415 e. The summed E-state index contributed by atoms with van der Waals surface area (Å²) in [7, 11) is 1.88. The summed E-state index contributed by atoms with van der Waals surface area (Å²) in [6.45, 7) is 9.90. The van der Waals surface area contributed by atoms with Crippen LogP contribution in [0.25, 0.3) is 16.8 Å². The highest BCUT2D eigenvalue weighted by atomic mass is 16.6. The van der Waals surface area contributed by atoms with Crippen molar-refractivity contribution in [2.75, 3.05) is 24.5 Å². The van der Waals surface area contributed by atoms with Crippen molar-refractivity contribution in [3.63, 3.8) is 0 Å². The van der Waals surface area contributed by atoms with Crippen LogP contribution in [0.5, 0.6) is 0 Å². The molecule has 9 nitrogen and oxygen atoms in total. The van der Waals surface area contributed by atoms with Gasteiger partial charge in [0.05, 0.1) is 18.1 Å². The number of piperidine rings is 1. The summed E-state index contributed by atoms with van der Waals surface area (Å²) in [5.74, 6) is 0.948. The number of fused-ring (bicyclic) bond motifs is 1. The minimum absolute atomic E-state index is 0.284. The zero-order valence-corrected chi connectivity index (χ0v) is 18.9. The highest BCUT2D eigenvalue weighted by molar-refractivity contribution is 5.88. The van der Waals surface area contributed by atoms with Crippen LogP contribution in [0.3, 0.4) is 0 Å². The van der Waals surface area contributed by atoms with Gasteiger partial charge in [-0.25, -0.2) is 9.78 Å². The zero-order valence-electron chi connectivity index (χ0n) is 18.9. The number of aryl methyl sites for hydroxylation is 1. The molecule has 1 aliphatic heterocycles. The van der Waals surface area contributed by atoms with E-state index in [1.165, 1.54) is 0 Å². The molecule has 3 aromatic rings. The number of hydrogen-bond donors (Lipinski definition) is 1. The van der Waals surface area contributed by atoms with Crippen LogP contribution in [0.2, 0.25) is 0 Å². The van der Waals surface area contributed by atoms with E-state index in [1.807, 2.05) is 47.0 Å². The summed E-state index contributed by atoms with van der Waals surface area (Å²) in [6.07, 6.45) is 7.30. The van der Waals surface area contributed by atoms with Crippen LogP contribution >= 0.6 is 0 Å². The highest BCUT2D eigenvalue weighted by Crippen LogP contribution is 2.31. The third-order valence-corrected chi connectivity index (χ3v) is 5.41. The van der Waals surface area contributed by atoms with Gasteiger partial charge in [0, 0.05) is 49.4 Å². The first kappa shape index (κ1) is 21.3. The first-order valence-corrected chi connectivity index (χ1v) is 10.9. The molecule has 4 heterocycles. The lowest BCUT2D eigenvalue weighted by atomic mass is 9.95. The fourth-order valence-corrected chi connectivity index (χ4v) is 3.94. The molecule has 9 heteroatoms. The second kappa shape index (κ2) is 8.30. The zero-order chi connectivity index (χ0) is 22.2. The molecule has 1 saturated heterocycles. The molecule has 166 valence electrons. The number of carbonyl (C=O) groups excluding carboxylic acids is 1. The van der Waals surface area contributed by atoms with Crippen molar-refractivity contribution in [1.29, 1.82) is 0 Å². The van der Waals surface area contributed by atoms with E-state index in [2.05, 4.69) is 15.5 Å². The Balaban J connectivity index is 1.86. The lowest BCUT2D eigenvalue weighted by Crippen LogP contribution is -2.38. The third kappa shape index (κ3) is 4.41. The number of ether oxygens (including phenoxy) is 1. The minimum atomic E-state index is -0.586. The predicted octanol–water partition coefficient (Wildman–Crippen LogP) is 3.36. The van der Waals surface area contributed by atoms with E-state index in [0.717, 1.165) is 42.8 Å². The van der Waals surface area contributed by atoms with Gasteiger partial charge in [-0.1, -0.05) is 0 Å². The molecule has 0 aromatic carbocycles. The predicted molar refractivity (Wildman–Crippen MR) is 119 cm³/mol. The molecule has 0 saturated carbocycles. The van der Waals surface area contributed by atoms with Gasteiger partial charge in [0.15, 0.2) is 5.65 Å². The molecule has 1 fully saturated rings. The molecule has 1 atom stereocenters. The van der Waals surface area contributed by atoms with Gasteiger partial charge in [-0.05, 0) is 47.1 Å². The molecule has 0 radical (unpaired) electrons. The fraction of sp³-hybridized carbons (Fsp3) is 0.545. The molecule has 3 aromatic heterocycles. The molecule has 0 bridgehead atoms. The van der Waals surface area contributed by atoms with Crippen molar-refractivity contribution in [2.45, 2.75) is 52.1 Å². The first-order valence-electron chi connectivity index (χ1n) is 10.9. The quantitative estimate of drug-likeness (QED) is 0.689. The summed E-state index contributed by atoms with van der Waals surface area (Å²) in [6, 6.07) is 1.98. The van der Waals surface area contributed by atoms with Crippen LogP contribution in [0.1, 0.15) is 52.1 Å². The number of nitrogens with zero attached hydrogens (tertiary/aromatic N) is 6. The van der Waals surface area contributed by atoms with E-state index in [-0.39, 0.29) is 5.92 Å². The third-order valence-electron chi connectivity index (χ3n) is 5.41. The highest BCUT2D eigenvalue weighted by Gasteiger charge is 2.27. The Bertz CT molecular complexity index is 1070.